The fourth-order valence-electron chi connectivity index (χ4n) is 2.27. The van der Waals surface area contributed by atoms with Gasteiger partial charge in [0.15, 0.2) is 0 Å². The predicted molar refractivity (Wildman–Crippen MR) is 85.3 cm³/mol. The molecule has 1 unspecified atom stereocenters. The van der Waals surface area contributed by atoms with E-state index in [0.717, 1.165) is 12.2 Å². The first kappa shape index (κ1) is 14.3. The third kappa shape index (κ3) is 3.49. The van der Waals surface area contributed by atoms with Crippen LogP contribution in [0.4, 0.5) is 5.69 Å². The Morgan fingerprint density at radius 1 is 1.35 bits per heavy atom. The third-order valence-corrected chi connectivity index (χ3v) is 6.37. The first-order valence-corrected chi connectivity index (χ1v) is 8.89. The number of carbonyl (C=O) groups is 1. The van der Waals surface area contributed by atoms with Crippen LogP contribution in [0.3, 0.4) is 0 Å². The monoisotopic (exact) mass is 310 g/mol. The van der Waals surface area contributed by atoms with Gasteiger partial charge in [0.1, 0.15) is 6.10 Å². The second-order valence-electron chi connectivity index (χ2n) is 4.75. The Hall–Kier alpha value is -0.690. The van der Waals surface area contributed by atoms with Gasteiger partial charge in [0, 0.05) is 30.3 Å². The van der Waals surface area contributed by atoms with E-state index in [9.17, 15) is 4.79 Å². The number of rotatable bonds is 3. The normalized spacial score (nSPS) is 23.7. The van der Waals surface area contributed by atoms with Crippen molar-refractivity contribution in [3.05, 3.63) is 29.8 Å². The van der Waals surface area contributed by atoms with Crippen molar-refractivity contribution in [2.75, 3.05) is 36.5 Å². The summed E-state index contributed by atoms with van der Waals surface area (Å²) in [6.45, 7) is 1.99. The Bertz CT molecular complexity index is 472. The van der Waals surface area contributed by atoms with Crippen LogP contribution < -0.4 is 10.6 Å². The lowest BCUT2D eigenvalue weighted by molar-refractivity contribution is -0.128. The van der Waals surface area contributed by atoms with E-state index in [-0.39, 0.29) is 12.0 Å². The molecule has 2 aliphatic heterocycles. The molecule has 1 aromatic rings. The summed E-state index contributed by atoms with van der Waals surface area (Å²) < 4.78 is 5.96. The fourth-order valence-corrected chi connectivity index (χ4v) is 5.11. The van der Waals surface area contributed by atoms with Crippen molar-refractivity contribution in [2.24, 2.45) is 0 Å². The van der Waals surface area contributed by atoms with Crippen molar-refractivity contribution in [1.82, 2.24) is 5.32 Å². The largest absolute Gasteiger partial charge is 0.366 e. The molecule has 2 saturated heterocycles. The molecule has 1 amide bonds. The second-order valence-corrected chi connectivity index (χ2v) is 7.48. The van der Waals surface area contributed by atoms with Gasteiger partial charge in [-0.2, -0.15) is 0 Å². The maximum absolute atomic E-state index is 12.1. The minimum absolute atomic E-state index is 0.0684. The van der Waals surface area contributed by atoms with E-state index in [1.54, 1.807) is 0 Å². The lowest BCUT2D eigenvalue weighted by Gasteiger charge is -2.22. The van der Waals surface area contributed by atoms with Crippen molar-refractivity contribution >= 4 is 35.1 Å². The summed E-state index contributed by atoms with van der Waals surface area (Å²) in [4.78, 5) is 12.1. The van der Waals surface area contributed by atoms with Crippen LogP contribution in [0.5, 0.6) is 0 Å². The molecule has 2 aliphatic rings. The standard InChI is InChI=1S/C14H18N2O2S2/c17-13(12-9-15-4-5-18-12)16-11-3-1-2-10(8-11)14-19-6-7-20-14/h1-3,8,12,14-15H,4-7,9H2,(H,16,17). The number of ether oxygens (including phenoxy) is 1. The maximum Gasteiger partial charge on any atom is 0.254 e. The van der Waals surface area contributed by atoms with Crippen LogP contribution in [-0.4, -0.2) is 43.2 Å². The molecular weight excluding hydrogens is 292 g/mol. The van der Waals surface area contributed by atoms with Gasteiger partial charge in [-0.15, -0.1) is 23.5 Å². The highest BCUT2D eigenvalue weighted by Crippen LogP contribution is 2.45. The van der Waals surface area contributed by atoms with Crippen LogP contribution in [0.1, 0.15) is 10.1 Å². The summed E-state index contributed by atoms with van der Waals surface area (Å²) in [7, 11) is 0. The lowest BCUT2D eigenvalue weighted by atomic mass is 10.2. The van der Waals surface area contributed by atoms with Crippen molar-refractivity contribution < 1.29 is 9.53 Å². The van der Waals surface area contributed by atoms with Gasteiger partial charge in [0.05, 0.1) is 11.2 Å². The average molecular weight is 310 g/mol. The third-order valence-electron chi connectivity index (χ3n) is 3.27. The van der Waals surface area contributed by atoms with Crippen molar-refractivity contribution in [3.63, 3.8) is 0 Å². The number of carbonyl (C=O) groups excluding carboxylic acids is 1. The second kappa shape index (κ2) is 6.85. The van der Waals surface area contributed by atoms with Crippen molar-refractivity contribution in [2.45, 2.75) is 10.7 Å². The summed E-state index contributed by atoms with van der Waals surface area (Å²) in [6, 6.07) is 8.14. The fraction of sp³-hybridized carbons (Fsp3) is 0.500. The average Bonchev–Trinajstić information content (AvgIpc) is 3.03. The Labute approximate surface area is 127 Å². The zero-order valence-electron chi connectivity index (χ0n) is 11.1. The Morgan fingerprint density at radius 3 is 2.95 bits per heavy atom. The molecular formula is C14H18N2O2S2. The highest BCUT2D eigenvalue weighted by Gasteiger charge is 2.22. The van der Waals surface area contributed by atoms with Crippen molar-refractivity contribution in [1.29, 1.82) is 0 Å². The maximum atomic E-state index is 12.1. The highest BCUT2D eigenvalue weighted by molar-refractivity contribution is 8.19. The van der Waals surface area contributed by atoms with Crippen LogP contribution in [0.25, 0.3) is 0 Å². The SMILES string of the molecule is O=C(Nc1cccc(C2SCCS2)c1)C1CNCCO1. The van der Waals surface area contributed by atoms with Gasteiger partial charge in [0.25, 0.3) is 5.91 Å². The van der Waals surface area contributed by atoms with Gasteiger partial charge in [-0.05, 0) is 17.7 Å². The summed E-state index contributed by atoms with van der Waals surface area (Å²) in [6.07, 6.45) is -0.386. The minimum Gasteiger partial charge on any atom is -0.366 e. The molecule has 0 saturated carbocycles. The molecule has 4 nitrogen and oxygen atoms in total. The van der Waals surface area contributed by atoms with E-state index in [2.05, 4.69) is 22.8 Å². The number of hydrogen-bond acceptors (Lipinski definition) is 5. The molecule has 0 radical (unpaired) electrons. The number of hydrogen-bond donors (Lipinski definition) is 2. The molecule has 6 heteroatoms. The van der Waals surface area contributed by atoms with E-state index >= 15 is 0 Å². The smallest absolute Gasteiger partial charge is 0.254 e. The number of nitrogens with one attached hydrogen (secondary N) is 2. The predicted octanol–water partition coefficient (Wildman–Crippen LogP) is 2.09. The topological polar surface area (TPSA) is 50.4 Å². The molecule has 20 heavy (non-hydrogen) atoms. The van der Waals surface area contributed by atoms with Gasteiger partial charge >= 0.3 is 0 Å². The van der Waals surface area contributed by atoms with Gasteiger partial charge < -0.3 is 15.4 Å². The molecule has 0 bridgehead atoms. The zero-order valence-corrected chi connectivity index (χ0v) is 12.8. The number of anilines is 1. The molecule has 3 rings (SSSR count). The quantitative estimate of drug-likeness (QED) is 0.895. The number of benzene rings is 1. The molecule has 0 aromatic heterocycles. The van der Waals surface area contributed by atoms with Crippen molar-refractivity contribution in [3.8, 4) is 0 Å². The van der Waals surface area contributed by atoms with Crippen LogP contribution in [0.2, 0.25) is 0 Å². The molecule has 2 fully saturated rings. The molecule has 1 aromatic carbocycles. The molecule has 2 heterocycles. The van der Waals surface area contributed by atoms with E-state index in [0.29, 0.717) is 17.7 Å². The van der Waals surface area contributed by atoms with E-state index < -0.39 is 0 Å². The molecule has 108 valence electrons. The highest BCUT2D eigenvalue weighted by atomic mass is 32.2. The van der Waals surface area contributed by atoms with E-state index in [4.69, 9.17) is 4.74 Å². The molecule has 2 N–H and O–H groups in total. The van der Waals surface area contributed by atoms with E-state index in [1.807, 2.05) is 35.7 Å². The van der Waals surface area contributed by atoms with Gasteiger partial charge in [-0.3, -0.25) is 4.79 Å². The van der Waals surface area contributed by atoms with Crippen LogP contribution in [0.15, 0.2) is 24.3 Å². The number of amides is 1. The number of morpholine rings is 1. The van der Waals surface area contributed by atoms with E-state index in [1.165, 1.54) is 17.1 Å². The van der Waals surface area contributed by atoms with Crippen LogP contribution in [0, 0.1) is 0 Å². The summed E-state index contributed by atoms with van der Waals surface area (Å²) in [5.41, 5.74) is 2.13. The molecule has 0 spiro atoms. The van der Waals surface area contributed by atoms with Gasteiger partial charge in [-0.1, -0.05) is 12.1 Å². The van der Waals surface area contributed by atoms with Gasteiger partial charge in [0.2, 0.25) is 0 Å². The van der Waals surface area contributed by atoms with Crippen LogP contribution in [-0.2, 0) is 9.53 Å². The Kier molecular flexibility index (Phi) is 4.88. The summed E-state index contributed by atoms with van der Waals surface area (Å²) in [5.74, 6) is 2.34. The molecule has 1 atom stereocenters. The number of thioether (sulfide) groups is 2. The summed E-state index contributed by atoms with van der Waals surface area (Å²) >= 11 is 3.93. The Morgan fingerprint density at radius 2 is 2.20 bits per heavy atom. The van der Waals surface area contributed by atoms with Crippen LogP contribution >= 0.6 is 23.5 Å². The van der Waals surface area contributed by atoms with Gasteiger partial charge in [-0.25, -0.2) is 0 Å². The minimum atomic E-state index is -0.386. The zero-order chi connectivity index (χ0) is 13.8. The first-order chi connectivity index (χ1) is 9.83. The Balaban J connectivity index is 1.64. The summed E-state index contributed by atoms with van der Waals surface area (Å²) in [5, 5.41) is 6.12. The molecule has 0 aliphatic carbocycles. The lowest BCUT2D eigenvalue weighted by Crippen LogP contribution is -2.45. The first-order valence-electron chi connectivity index (χ1n) is 6.79.